The lowest BCUT2D eigenvalue weighted by Gasteiger charge is -2.28. The van der Waals surface area contributed by atoms with Crippen LogP contribution in [0, 0.1) is 31.1 Å². The SMILES string of the molecule is Cc1[nH]c(C(=O)N(CCC#N)[C@H](C)C2CC2)c(C)c1C(=O)OC(C)C. The number of amides is 1. The second-order valence-electron chi connectivity index (χ2n) is 7.06. The Balaban J connectivity index is 2.30. The summed E-state index contributed by atoms with van der Waals surface area (Å²) in [5, 5.41) is 8.91. The van der Waals surface area contributed by atoms with Crippen LogP contribution in [0.3, 0.4) is 0 Å². The Labute approximate surface area is 149 Å². The number of H-pyrrole nitrogens is 1. The van der Waals surface area contributed by atoms with Crippen molar-refractivity contribution in [3.63, 3.8) is 0 Å². The van der Waals surface area contributed by atoms with Crippen molar-refractivity contribution in [3.05, 3.63) is 22.5 Å². The van der Waals surface area contributed by atoms with Gasteiger partial charge in [-0.2, -0.15) is 5.26 Å². The lowest BCUT2D eigenvalue weighted by molar-refractivity contribution is 0.0376. The summed E-state index contributed by atoms with van der Waals surface area (Å²) in [6.07, 6.45) is 2.31. The van der Waals surface area contributed by atoms with Gasteiger partial charge in [-0.25, -0.2) is 4.79 Å². The van der Waals surface area contributed by atoms with E-state index in [1.54, 1.807) is 32.6 Å². The van der Waals surface area contributed by atoms with Crippen LogP contribution in [0.4, 0.5) is 0 Å². The number of ether oxygens (including phenoxy) is 1. The molecule has 0 spiro atoms. The predicted octanol–water partition coefficient (Wildman–Crippen LogP) is 3.35. The molecule has 1 saturated carbocycles. The minimum absolute atomic E-state index is 0.0925. The van der Waals surface area contributed by atoms with Crippen molar-refractivity contribution >= 4 is 11.9 Å². The van der Waals surface area contributed by atoms with Crippen LogP contribution in [-0.4, -0.2) is 40.5 Å². The largest absolute Gasteiger partial charge is 0.459 e. The predicted molar refractivity (Wildman–Crippen MR) is 94.3 cm³/mol. The monoisotopic (exact) mass is 345 g/mol. The lowest BCUT2D eigenvalue weighted by atomic mass is 10.1. The second kappa shape index (κ2) is 7.73. The van der Waals surface area contributed by atoms with Crippen molar-refractivity contribution in [3.8, 4) is 6.07 Å². The zero-order valence-electron chi connectivity index (χ0n) is 15.7. The third kappa shape index (κ3) is 4.22. The third-order valence-electron chi connectivity index (χ3n) is 4.72. The Morgan fingerprint density at radius 3 is 2.48 bits per heavy atom. The van der Waals surface area contributed by atoms with E-state index < -0.39 is 5.97 Å². The number of hydrogen-bond acceptors (Lipinski definition) is 4. The Hall–Kier alpha value is -2.29. The molecule has 1 amide bonds. The molecule has 0 bridgehead atoms. The number of carbonyl (C=O) groups is 2. The van der Waals surface area contributed by atoms with Crippen LogP contribution in [-0.2, 0) is 4.74 Å². The van der Waals surface area contributed by atoms with Gasteiger partial charge in [0.1, 0.15) is 5.69 Å². The molecule has 0 unspecified atom stereocenters. The highest BCUT2D eigenvalue weighted by Gasteiger charge is 2.36. The highest BCUT2D eigenvalue weighted by atomic mass is 16.5. The van der Waals surface area contributed by atoms with E-state index >= 15 is 0 Å². The molecule has 2 rings (SSSR count). The topological polar surface area (TPSA) is 86.2 Å². The molecule has 0 aliphatic heterocycles. The van der Waals surface area contributed by atoms with Crippen LogP contribution < -0.4 is 0 Å². The number of aromatic amines is 1. The van der Waals surface area contributed by atoms with Crippen molar-refractivity contribution in [1.82, 2.24) is 9.88 Å². The molecule has 136 valence electrons. The smallest absolute Gasteiger partial charge is 0.340 e. The van der Waals surface area contributed by atoms with E-state index in [-0.39, 0.29) is 18.1 Å². The standard InChI is InChI=1S/C19H27N3O3/c1-11(2)25-19(24)16-12(3)17(21-13(16)4)18(23)22(10-6-9-20)14(5)15-7-8-15/h11,14-15,21H,6-8,10H2,1-5H3/t14-/m1/s1. The van der Waals surface area contributed by atoms with Crippen molar-refractivity contribution in [2.24, 2.45) is 5.92 Å². The van der Waals surface area contributed by atoms with E-state index in [4.69, 9.17) is 10.00 Å². The molecule has 1 aliphatic carbocycles. The normalized spacial score (nSPS) is 14.9. The molecule has 1 fully saturated rings. The van der Waals surface area contributed by atoms with Gasteiger partial charge in [0.2, 0.25) is 0 Å². The molecule has 1 aromatic rings. The molecule has 1 aliphatic rings. The Morgan fingerprint density at radius 2 is 1.96 bits per heavy atom. The number of nitriles is 1. The van der Waals surface area contributed by atoms with Gasteiger partial charge in [-0.15, -0.1) is 0 Å². The van der Waals surface area contributed by atoms with E-state index in [1.807, 2.05) is 6.92 Å². The highest BCUT2D eigenvalue weighted by molar-refractivity contribution is 6.00. The van der Waals surface area contributed by atoms with Crippen molar-refractivity contribution in [2.45, 2.75) is 66.0 Å². The number of rotatable bonds is 7. The van der Waals surface area contributed by atoms with E-state index in [2.05, 4.69) is 11.1 Å². The molecule has 1 N–H and O–H groups in total. The van der Waals surface area contributed by atoms with Crippen LogP contribution in [0.15, 0.2) is 0 Å². The molecule has 6 nitrogen and oxygen atoms in total. The fourth-order valence-electron chi connectivity index (χ4n) is 3.18. The van der Waals surface area contributed by atoms with Crippen molar-refractivity contribution in [1.29, 1.82) is 5.26 Å². The summed E-state index contributed by atoms with van der Waals surface area (Å²) in [6.45, 7) is 9.55. The average molecular weight is 345 g/mol. The molecule has 0 aromatic carbocycles. The maximum absolute atomic E-state index is 13.1. The Morgan fingerprint density at radius 1 is 1.32 bits per heavy atom. The van der Waals surface area contributed by atoms with Crippen molar-refractivity contribution < 1.29 is 14.3 Å². The summed E-state index contributed by atoms with van der Waals surface area (Å²) >= 11 is 0. The molecule has 6 heteroatoms. The lowest BCUT2D eigenvalue weighted by Crippen LogP contribution is -2.41. The van der Waals surface area contributed by atoms with Gasteiger partial charge in [-0.05, 0) is 58.9 Å². The van der Waals surface area contributed by atoms with E-state index in [9.17, 15) is 9.59 Å². The quantitative estimate of drug-likeness (QED) is 0.768. The molecule has 0 saturated heterocycles. The van der Waals surface area contributed by atoms with Gasteiger partial charge in [0, 0.05) is 18.3 Å². The van der Waals surface area contributed by atoms with Crippen LogP contribution in [0.2, 0.25) is 0 Å². The maximum Gasteiger partial charge on any atom is 0.340 e. The van der Waals surface area contributed by atoms with Gasteiger partial charge in [0.05, 0.1) is 24.2 Å². The highest BCUT2D eigenvalue weighted by Crippen LogP contribution is 2.36. The Kier molecular flexibility index (Phi) is 5.89. The first kappa shape index (κ1) is 19.0. The van der Waals surface area contributed by atoms with Gasteiger partial charge >= 0.3 is 5.97 Å². The van der Waals surface area contributed by atoms with Gasteiger partial charge in [0.15, 0.2) is 0 Å². The molecule has 25 heavy (non-hydrogen) atoms. The molecular weight excluding hydrogens is 318 g/mol. The fourth-order valence-corrected chi connectivity index (χ4v) is 3.18. The van der Waals surface area contributed by atoms with Crippen molar-refractivity contribution in [2.75, 3.05) is 6.54 Å². The molecule has 1 atom stereocenters. The number of esters is 1. The molecular formula is C19H27N3O3. The van der Waals surface area contributed by atoms with Crippen LogP contribution in [0.25, 0.3) is 0 Å². The summed E-state index contributed by atoms with van der Waals surface area (Å²) in [4.78, 5) is 30.2. The summed E-state index contributed by atoms with van der Waals surface area (Å²) in [6, 6.07) is 2.20. The van der Waals surface area contributed by atoms with Gasteiger partial charge in [-0.3, -0.25) is 4.79 Å². The van der Waals surface area contributed by atoms with Gasteiger partial charge in [0.25, 0.3) is 5.91 Å². The summed E-state index contributed by atoms with van der Waals surface area (Å²) < 4.78 is 5.29. The first-order valence-electron chi connectivity index (χ1n) is 8.86. The molecule has 0 radical (unpaired) electrons. The number of nitrogens with one attached hydrogen (secondary N) is 1. The number of aromatic nitrogens is 1. The van der Waals surface area contributed by atoms with Crippen LogP contribution in [0.1, 0.15) is 72.1 Å². The van der Waals surface area contributed by atoms with Gasteiger partial charge < -0.3 is 14.6 Å². The van der Waals surface area contributed by atoms with Crippen LogP contribution in [0.5, 0.6) is 0 Å². The number of carbonyl (C=O) groups excluding carboxylic acids is 2. The first-order valence-corrected chi connectivity index (χ1v) is 8.86. The number of aryl methyl sites for hydroxylation is 1. The van der Waals surface area contributed by atoms with Gasteiger partial charge in [-0.1, -0.05) is 0 Å². The third-order valence-corrected chi connectivity index (χ3v) is 4.72. The summed E-state index contributed by atoms with van der Waals surface area (Å²) in [7, 11) is 0. The number of nitrogens with zero attached hydrogens (tertiary/aromatic N) is 2. The Bertz CT molecular complexity index is 696. The van der Waals surface area contributed by atoms with E-state index in [1.165, 1.54) is 0 Å². The fraction of sp³-hybridized carbons (Fsp3) is 0.632. The molecule has 1 heterocycles. The zero-order chi connectivity index (χ0) is 18.7. The average Bonchev–Trinajstić information content (AvgIpc) is 3.32. The van der Waals surface area contributed by atoms with E-state index in [0.717, 1.165) is 12.8 Å². The summed E-state index contributed by atoms with van der Waals surface area (Å²) in [5.74, 6) is -0.0673. The van der Waals surface area contributed by atoms with E-state index in [0.29, 0.717) is 41.4 Å². The minimum atomic E-state index is -0.417. The first-order chi connectivity index (χ1) is 11.8. The second-order valence-corrected chi connectivity index (χ2v) is 7.06. The molecule has 1 aromatic heterocycles. The maximum atomic E-state index is 13.1. The van der Waals surface area contributed by atoms with Crippen LogP contribution >= 0.6 is 0 Å². The minimum Gasteiger partial charge on any atom is -0.459 e. The zero-order valence-corrected chi connectivity index (χ0v) is 15.7. The summed E-state index contributed by atoms with van der Waals surface area (Å²) in [5.41, 5.74) is 2.08. The number of hydrogen-bond donors (Lipinski definition) is 1.